The Morgan fingerprint density at radius 1 is 1.31 bits per heavy atom. The van der Waals surface area contributed by atoms with Crippen LogP contribution in [0, 0.1) is 13.8 Å². The summed E-state index contributed by atoms with van der Waals surface area (Å²) >= 11 is 0. The van der Waals surface area contributed by atoms with Gasteiger partial charge < -0.3 is 10.4 Å². The Bertz CT molecular complexity index is 630. The molecule has 6 nitrogen and oxygen atoms in total. The first-order valence-corrected chi connectivity index (χ1v) is 8.82. The van der Waals surface area contributed by atoms with E-state index in [4.69, 9.17) is 5.11 Å². The van der Waals surface area contributed by atoms with E-state index < -0.39 is 5.97 Å². The number of likely N-dealkylation sites (tertiary alicyclic amines) is 1. The number of amides is 1. The van der Waals surface area contributed by atoms with Crippen LogP contribution in [0.4, 0.5) is 5.69 Å². The SMILES string of the molecule is Cc1ccc(NC(=O)C(C)N2CCC(N(C)CC(=O)O)CC2)c(C)c1.Cl. The van der Waals surface area contributed by atoms with Crippen molar-refractivity contribution in [3.05, 3.63) is 29.3 Å². The molecule has 1 fully saturated rings. The Morgan fingerprint density at radius 2 is 1.92 bits per heavy atom. The molecule has 1 amide bonds. The standard InChI is InChI=1S/C19H29N3O3.ClH/c1-13-5-6-17(14(2)11-13)20-19(25)15(3)22-9-7-16(8-10-22)21(4)12-18(23)24;/h5-6,11,15-16H,7-10,12H2,1-4H3,(H,20,25)(H,23,24);1H. The first-order chi connectivity index (χ1) is 11.8. The van der Waals surface area contributed by atoms with Crippen LogP contribution < -0.4 is 5.32 Å². The highest BCUT2D eigenvalue weighted by Crippen LogP contribution is 2.20. The number of benzene rings is 1. The van der Waals surface area contributed by atoms with Crippen molar-refractivity contribution in [1.29, 1.82) is 0 Å². The third kappa shape index (κ3) is 5.97. The summed E-state index contributed by atoms with van der Waals surface area (Å²) in [4.78, 5) is 27.5. The maximum atomic E-state index is 12.6. The number of aliphatic carboxylic acids is 1. The van der Waals surface area contributed by atoms with Crippen LogP contribution in [-0.4, -0.2) is 65.5 Å². The number of nitrogens with zero attached hydrogens (tertiary/aromatic N) is 2. The second kappa shape index (κ2) is 9.90. The number of aryl methyl sites for hydroxylation is 2. The molecule has 0 spiro atoms. The number of hydrogen-bond acceptors (Lipinski definition) is 4. The number of halogens is 1. The van der Waals surface area contributed by atoms with Crippen LogP contribution in [0.15, 0.2) is 18.2 Å². The van der Waals surface area contributed by atoms with Crippen LogP contribution in [0.1, 0.15) is 30.9 Å². The molecule has 7 heteroatoms. The average molecular weight is 384 g/mol. The van der Waals surface area contributed by atoms with E-state index in [9.17, 15) is 9.59 Å². The van der Waals surface area contributed by atoms with E-state index in [1.807, 2.05) is 44.9 Å². The van der Waals surface area contributed by atoms with Gasteiger partial charge >= 0.3 is 5.97 Å². The summed E-state index contributed by atoms with van der Waals surface area (Å²) in [5, 5.41) is 11.9. The molecule has 0 bridgehead atoms. The van der Waals surface area contributed by atoms with E-state index in [0.29, 0.717) is 0 Å². The largest absolute Gasteiger partial charge is 0.480 e. The second-order valence-corrected chi connectivity index (χ2v) is 7.06. The van der Waals surface area contributed by atoms with Gasteiger partial charge in [0.15, 0.2) is 0 Å². The van der Waals surface area contributed by atoms with Gasteiger partial charge in [0.05, 0.1) is 12.6 Å². The molecular formula is C19H30ClN3O3. The summed E-state index contributed by atoms with van der Waals surface area (Å²) in [5.74, 6) is -0.796. The highest BCUT2D eigenvalue weighted by Gasteiger charge is 2.28. The first kappa shape index (κ1) is 22.4. The maximum absolute atomic E-state index is 12.6. The van der Waals surface area contributed by atoms with Crippen LogP contribution >= 0.6 is 12.4 Å². The number of anilines is 1. The van der Waals surface area contributed by atoms with Crippen LogP contribution in [0.25, 0.3) is 0 Å². The van der Waals surface area contributed by atoms with Gasteiger partial charge in [-0.1, -0.05) is 17.7 Å². The van der Waals surface area contributed by atoms with Gasteiger partial charge in [-0.25, -0.2) is 0 Å². The van der Waals surface area contributed by atoms with Crippen LogP contribution in [0.3, 0.4) is 0 Å². The molecule has 2 N–H and O–H groups in total. The number of carbonyl (C=O) groups is 2. The minimum atomic E-state index is -0.800. The Balaban J connectivity index is 0.00000338. The number of carboxylic acid groups (broad SMARTS) is 1. The minimum Gasteiger partial charge on any atom is -0.480 e. The third-order valence-electron chi connectivity index (χ3n) is 5.07. The molecule has 1 aliphatic heterocycles. The van der Waals surface area contributed by atoms with E-state index in [-0.39, 0.29) is 36.9 Å². The van der Waals surface area contributed by atoms with Crippen molar-refractivity contribution in [2.75, 3.05) is 32.0 Å². The molecule has 26 heavy (non-hydrogen) atoms. The second-order valence-electron chi connectivity index (χ2n) is 7.06. The fourth-order valence-corrected chi connectivity index (χ4v) is 3.41. The number of likely N-dealkylation sites (N-methyl/N-ethyl adjacent to an activating group) is 1. The molecule has 146 valence electrons. The molecule has 2 rings (SSSR count). The molecule has 1 heterocycles. The van der Waals surface area contributed by atoms with Gasteiger partial charge in [0, 0.05) is 24.8 Å². The van der Waals surface area contributed by atoms with E-state index in [1.165, 1.54) is 5.56 Å². The van der Waals surface area contributed by atoms with E-state index in [1.54, 1.807) is 0 Å². The lowest BCUT2D eigenvalue weighted by Crippen LogP contribution is -2.50. The Kier molecular flexibility index (Phi) is 8.53. The number of nitrogens with one attached hydrogen (secondary N) is 1. The van der Waals surface area contributed by atoms with Gasteiger partial charge in [-0.05, 0) is 52.3 Å². The topological polar surface area (TPSA) is 72.9 Å². The van der Waals surface area contributed by atoms with Crippen molar-refractivity contribution in [3.63, 3.8) is 0 Å². The highest BCUT2D eigenvalue weighted by molar-refractivity contribution is 5.95. The summed E-state index contributed by atoms with van der Waals surface area (Å²) < 4.78 is 0. The Morgan fingerprint density at radius 3 is 2.46 bits per heavy atom. The first-order valence-electron chi connectivity index (χ1n) is 8.82. The van der Waals surface area contributed by atoms with Gasteiger partial charge in [0.1, 0.15) is 0 Å². The lowest BCUT2D eigenvalue weighted by Gasteiger charge is -2.38. The number of rotatable bonds is 6. The number of piperidine rings is 1. The van der Waals surface area contributed by atoms with Crippen LogP contribution in [0.2, 0.25) is 0 Å². The van der Waals surface area contributed by atoms with Gasteiger partial charge in [0.25, 0.3) is 0 Å². The van der Waals surface area contributed by atoms with Crippen molar-refractivity contribution in [1.82, 2.24) is 9.80 Å². The minimum absolute atomic E-state index is 0. The predicted octanol–water partition coefficient (Wildman–Crippen LogP) is 2.53. The lowest BCUT2D eigenvalue weighted by molar-refractivity contribution is -0.138. The molecule has 1 aliphatic rings. The fourth-order valence-electron chi connectivity index (χ4n) is 3.41. The summed E-state index contributed by atoms with van der Waals surface area (Å²) in [7, 11) is 1.85. The normalized spacial score (nSPS) is 16.8. The van der Waals surface area contributed by atoms with Crippen molar-refractivity contribution in [3.8, 4) is 0 Å². The summed E-state index contributed by atoms with van der Waals surface area (Å²) in [6.07, 6.45) is 1.76. The highest BCUT2D eigenvalue weighted by atomic mass is 35.5. The van der Waals surface area contributed by atoms with Crippen LogP contribution in [0.5, 0.6) is 0 Å². The summed E-state index contributed by atoms with van der Waals surface area (Å²) in [6, 6.07) is 6.07. The molecule has 1 unspecified atom stereocenters. The van der Waals surface area contributed by atoms with Gasteiger partial charge in [-0.3, -0.25) is 19.4 Å². The van der Waals surface area contributed by atoms with E-state index in [0.717, 1.165) is 37.2 Å². The van der Waals surface area contributed by atoms with Crippen LogP contribution in [-0.2, 0) is 9.59 Å². The number of carboxylic acids is 1. The quantitative estimate of drug-likeness (QED) is 0.789. The van der Waals surface area contributed by atoms with Crippen molar-refractivity contribution >= 4 is 30.0 Å². The number of carbonyl (C=O) groups excluding carboxylic acids is 1. The lowest BCUT2D eigenvalue weighted by atomic mass is 10.0. The molecule has 1 aromatic carbocycles. The molecule has 0 saturated carbocycles. The molecule has 0 aromatic heterocycles. The molecule has 1 saturated heterocycles. The van der Waals surface area contributed by atoms with Gasteiger partial charge in [-0.2, -0.15) is 0 Å². The van der Waals surface area contributed by atoms with E-state index >= 15 is 0 Å². The zero-order chi connectivity index (χ0) is 18.6. The Hall–Kier alpha value is -1.63. The smallest absolute Gasteiger partial charge is 0.317 e. The fraction of sp³-hybridized carbons (Fsp3) is 0.579. The number of hydrogen-bond donors (Lipinski definition) is 2. The summed E-state index contributed by atoms with van der Waals surface area (Å²) in [5.41, 5.74) is 3.10. The average Bonchev–Trinajstić information content (AvgIpc) is 2.56. The molecular weight excluding hydrogens is 354 g/mol. The Labute approximate surface area is 162 Å². The van der Waals surface area contributed by atoms with Gasteiger partial charge in [0.2, 0.25) is 5.91 Å². The van der Waals surface area contributed by atoms with Gasteiger partial charge in [-0.15, -0.1) is 12.4 Å². The zero-order valence-electron chi connectivity index (χ0n) is 16.0. The molecule has 0 aliphatic carbocycles. The molecule has 1 aromatic rings. The summed E-state index contributed by atoms with van der Waals surface area (Å²) in [6.45, 7) is 7.63. The van der Waals surface area contributed by atoms with Crippen molar-refractivity contribution in [2.45, 2.75) is 45.7 Å². The van der Waals surface area contributed by atoms with Crippen molar-refractivity contribution in [2.24, 2.45) is 0 Å². The van der Waals surface area contributed by atoms with E-state index in [2.05, 4.69) is 16.3 Å². The third-order valence-corrected chi connectivity index (χ3v) is 5.07. The maximum Gasteiger partial charge on any atom is 0.317 e. The molecule has 1 atom stereocenters. The van der Waals surface area contributed by atoms with Crippen molar-refractivity contribution < 1.29 is 14.7 Å². The molecule has 0 radical (unpaired) electrons. The predicted molar refractivity (Wildman–Crippen MR) is 106 cm³/mol. The monoisotopic (exact) mass is 383 g/mol. The zero-order valence-corrected chi connectivity index (χ0v) is 16.8.